The first-order valence-electron chi connectivity index (χ1n) is 5.99. The minimum absolute atomic E-state index is 1.10. The van der Waals surface area contributed by atoms with Gasteiger partial charge in [-0.1, -0.05) is 0 Å². The van der Waals surface area contributed by atoms with Gasteiger partial charge in [-0.05, 0) is 0 Å². The summed E-state index contributed by atoms with van der Waals surface area (Å²) in [5.41, 5.74) is 0. The maximum atomic E-state index is 12.3. The van der Waals surface area contributed by atoms with Crippen LogP contribution in [0.1, 0.15) is 20.8 Å². The van der Waals surface area contributed by atoms with E-state index >= 15 is 0 Å². The zero-order valence-electron chi connectivity index (χ0n) is 12.2. The summed E-state index contributed by atoms with van der Waals surface area (Å²) in [6.07, 6.45) is -14.9. The van der Waals surface area contributed by atoms with E-state index in [4.69, 9.17) is 0 Å². The fraction of sp³-hybridized carbons (Fsp3) is 1.00. The predicted octanol–water partition coefficient (Wildman–Crippen LogP) is 4.46. The predicted molar refractivity (Wildman–Crippen MR) is 61.5 cm³/mol. The van der Waals surface area contributed by atoms with Gasteiger partial charge in [0.2, 0.25) is 0 Å². The van der Waals surface area contributed by atoms with Crippen molar-refractivity contribution in [2.24, 2.45) is 0 Å². The van der Waals surface area contributed by atoms with Crippen LogP contribution in [-0.4, -0.2) is 58.0 Å². The molecule has 0 spiro atoms. The van der Waals surface area contributed by atoms with Crippen LogP contribution in [0.5, 0.6) is 0 Å². The Labute approximate surface area is 131 Å². The Balaban J connectivity index is 5.45. The third-order valence-corrected chi connectivity index (χ3v) is 11.9. The molecule has 0 saturated carbocycles. The number of hydrogen-bond donors (Lipinski definition) is 0. The summed E-state index contributed by atoms with van der Waals surface area (Å²) in [5.74, 6) is 0. The van der Waals surface area contributed by atoms with Gasteiger partial charge in [0.25, 0.3) is 0 Å². The van der Waals surface area contributed by atoms with Crippen LogP contribution in [0.3, 0.4) is 0 Å². The van der Waals surface area contributed by atoms with E-state index in [9.17, 15) is 39.5 Å². The van der Waals surface area contributed by atoms with Crippen LogP contribution in [-0.2, 0) is 9.22 Å². The average Bonchev–Trinajstić information content (AvgIpc) is 2.22. The van der Waals surface area contributed by atoms with Crippen molar-refractivity contribution < 1.29 is 48.7 Å². The molecule has 0 N–H and O–H groups in total. The van der Waals surface area contributed by atoms with Crippen LogP contribution in [0, 0.1) is 0 Å². The molecule has 0 rings (SSSR count). The molecule has 0 aromatic carbocycles. The van der Waals surface area contributed by atoms with Gasteiger partial charge in [-0.3, -0.25) is 0 Å². The minimum atomic E-state index is -5.90. The van der Waals surface area contributed by atoms with Crippen LogP contribution >= 0.6 is 0 Å². The first-order valence-corrected chi connectivity index (χ1v) is 10.9. The molecule has 0 aliphatic rings. The monoisotopic (exact) mass is 474 g/mol. The molecule has 140 valence electrons. The zero-order chi connectivity index (χ0) is 18.7. The molecule has 3 nitrogen and oxygen atoms in total. The van der Waals surface area contributed by atoms with Crippen molar-refractivity contribution in [3.05, 3.63) is 0 Å². The van der Waals surface area contributed by atoms with E-state index in [-0.39, 0.29) is 0 Å². The Morgan fingerprint density at radius 3 is 0.913 bits per heavy atom. The molecule has 0 unspecified atom stereocenters. The second-order valence-corrected chi connectivity index (χ2v) is 15.4. The summed E-state index contributed by atoms with van der Waals surface area (Å²) < 4.78 is 122. The van der Waals surface area contributed by atoms with E-state index in [1.807, 2.05) is 0 Å². The molecule has 0 aromatic heterocycles. The topological polar surface area (TPSA) is 27.7 Å². The molecule has 0 bridgehead atoms. The molecule has 0 radical (unpaired) electrons. The van der Waals surface area contributed by atoms with Crippen LogP contribution < -0.4 is 0 Å². The number of rotatable bonds is 6. The van der Waals surface area contributed by atoms with Gasteiger partial charge in [0.1, 0.15) is 0 Å². The number of alkyl halides is 9. The fourth-order valence-electron chi connectivity index (χ4n) is 1.31. The quantitative estimate of drug-likeness (QED) is 0.422. The van der Waals surface area contributed by atoms with Crippen LogP contribution in [0.15, 0.2) is 0 Å². The Morgan fingerprint density at radius 1 is 0.565 bits per heavy atom. The first kappa shape index (κ1) is 23.0. The molecule has 0 amide bonds. The molecular weight excluding hydrogens is 458 g/mol. The van der Waals surface area contributed by atoms with E-state index < -0.39 is 61.4 Å². The van der Waals surface area contributed by atoms with E-state index in [1.165, 1.54) is 0 Å². The van der Waals surface area contributed by atoms with Crippen molar-refractivity contribution >= 4 is 19.6 Å². The second kappa shape index (κ2) is 7.52. The average molecular weight is 473 g/mol. The first-order chi connectivity index (χ1) is 9.87. The molecular formula is C10H15F9O3Sn. The summed E-state index contributed by atoms with van der Waals surface area (Å²) in [6.45, 7) is -2.87. The standard InChI is InChI=1S/C4H9.3C2H2F3O.Sn/c1-4(2)3;3*3-2(4,5)1-6;/h1-3H3;3*1H2;/q;3*-1;+3. The Bertz CT molecular complexity index is 324. The SMILES string of the molecule is C[C](C)(C)[Sn]([O]CC(F)(F)F)([O]CC(F)(F)F)[O]CC(F)(F)F. The second-order valence-electron chi connectivity index (χ2n) is 5.52. The van der Waals surface area contributed by atoms with Crippen molar-refractivity contribution in [3.8, 4) is 0 Å². The molecule has 13 heteroatoms. The van der Waals surface area contributed by atoms with Gasteiger partial charge in [0, 0.05) is 0 Å². The van der Waals surface area contributed by atoms with Gasteiger partial charge >= 0.3 is 131 Å². The Kier molecular flexibility index (Phi) is 7.53. The van der Waals surface area contributed by atoms with Crippen molar-refractivity contribution in [1.82, 2.24) is 0 Å². The summed E-state index contributed by atoms with van der Waals surface area (Å²) in [5, 5.41) is 0. The summed E-state index contributed by atoms with van der Waals surface area (Å²) in [7, 11) is 0. The fourth-order valence-corrected chi connectivity index (χ4v) is 8.75. The van der Waals surface area contributed by atoms with Gasteiger partial charge in [-0.15, -0.1) is 0 Å². The van der Waals surface area contributed by atoms with Crippen molar-refractivity contribution in [1.29, 1.82) is 0 Å². The van der Waals surface area contributed by atoms with E-state index in [0.717, 1.165) is 20.8 Å². The van der Waals surface area contributed by atoms with Crippen LogP contribution in [0.25, 0.3) is 0 Å². The molecule has 23 heavy (non-hydrogen) atoms. The summed E-state index contributed by atoms with van der Waals surface area (Å²) in [4.78, 5) is 0. The third kappa shape index (κ3) is 9.82. The Morgan fingerprint density at radius 2 is 0.783 bits per heavy atom. The number of hydrogen-bond acceptors (Lipinski definition) is 3. The molecule has 0 saturated heterocycles. The maximum absolute atomic E-state index is 12.3. The summed E-state index contributed by atoms with van der Waals surface area (Å²) in [6, 6.07) is 0. The van der Waals surface area contributed by atoms with Gasteiger partial charge in [0.15, 0.2) is 0 Å². The van der Waals surface area contributed by atoms with E-state index in [1.54, 1.807) is 0 Å². The summed E-state index contributed by atoms with van der Waals surface area (Å²) >= 11 is -5.90. The van der Waals surface area contributed by atoms with Gasteiger partial charge in [-0.2, -0.15) is 0 Å². The molecule has 0 aliphatic carbocycles. The zero-order valence-corrected chi connectivity index (χ0v) is 15.1. The molecule has 0 atom stereocenters. The molecule has 0 heterocycles. The van der Waals surface area contributed by atoms with Crippen molar-refractivity contribution in [2.45, 2.75) is 42.7 Å². The van der Waals surface area contributed by atoms with Crippen molar-refractivity contribution in [3.63, 3.8) is 0 Å². The molecule has 0 fully saturated rings. The third-order valence-electron chi connectivity index (χ3n) is 2.20. The number of halogens is 9. The van der Waals surface area contributed by atoms with Crippen LogP contribution in [0.2, 0.25) is 3.43 Å². The van der Waals surface area contributed by atoms with E-state index in [0.29, 0.717) is 0 Å². The molecule has 0 aliphatic heterocycles. The van der Waals surface area contributed by atoms with Gasteiger partial charge in [0.05, 0.1) is 0 Å². The normalized spacial score (nSPS) is 15.1. The van der Waals surface area contributed by atoms with Gasteiger partial charge < -0.3 is 0 Å². The van der Waals surface area contributed by atoms with Crippen molar-refractivity contribution in [2.75, 3.05) is 19.8 Å². The van der Waals surface area contributed by atoms with Crippen LogP contribution in [0.4, 0.5) is 39.5 Å². The van der Waals surface area contributed by atoms with E-state index in [2.05, 4.69) is 9.22 Å². The van der Waals surface area contributed by atoms with Gasteiger partial charge in [-0.25, -0.2) is 0 Å². The molecule has 0 aromatic rings. The Hall–Kier alpha value is 0.0487.